The van der Waals surface area contributed by atoms with E-state index < -0.39 is 0 Å². The van der Waals surface area contributed by atoms with E-state index in [9.17, 15) is 4.79 Å². The SMILES string of the molecule is COc1ccc(N2CCC[C@@H](C(=O)NCCc3ccc(OC)c(OC)c3)C2)nn1. The minimum absolute atomic E-state index is 0.0574. The summed E-state index contributed by atoms with van der Waals surface area (Å²) in [5.74, 6) is 2.67. The predicted molar refractivity (Wildman–Crippen MR) is 110 cm³/mol. The molecule has 29 heavy (non-hydrogen) atoms. The first-order valence-electron chi connectivity index (χ1n) is 9.76. The summed E-state index contributed by atoms with van der Waals surface area (Å²) in [4.78, 5) is 14.8. The van der Waals surface area contributed by atoms with Crippen LogP contribution in [-0.4, -0.2) is 57.1 Å². The van der Waals surface area contributed by atoms with Gasteiger partial charge in [-0.1, -0.05) is 6.07 Å². The number of rotatable bonds is 8. The van der Waals surface area contributed by atoms with Gasteiger partial charge in [-0.2, -0.15) is 0 Å². The molecular formula is C21H28N4O4. The van der Waals surface area contributed by atoms with Crippen LogP contribution >= 0.6 is 0 Å². The summed E-state index contributed by atoms with van der Waals surface area (Å²) >= 11 is 0. The molecule has 0 saturated carbocycles. The lowest BCUT2D eigenvalue weighted by atomic mass is 9.97. The number of benzene rings is 1. The first-order valence-corrected chi connectivity index (χ1v) is 9.76. The number of ether oxygens (including phenoxy) is 3. The average molecular weight is 400 g/mol. The van der Waals surface area contributed by atoms with Crippen LogP contribution in [0.5, 0.6) is 17.4 Å². The number of aromatic nitrogens is 2. The Labute approximate surface area is 171 Å². The number of nitrogens with one attached hydrogen (secondary N) is 1. The number of methoxy groups -OCH3 is 3. The molecule has 2 aromatic rings. The zero-order chi connectivity index (χ0) is 20.6. The molecule has 2 heterocycles. The second kappa shape index (κ2) is 9.95. The Balaban J connectivity index is 1.51. The maximum atomic E-state index is 12.7. The fourth-order valence-corrected chi connectivity index (χ4v) is 3.50. The van der Waals surface area contributed by atoms with Gasteiger partial charge >= 0.3 is 0 Å². The summed E-state index contributed by atoms with van der Waals surface area (Å²) in [6.45, 7) is 2.09. The Morgan fingerprint density at radius 2 is 1.93 bits per heavy atom. The second-order valence-corrected chi connectivity index (χ2v) is 6.95. The molecule has 1 aromatic heterocycles. The van der Waals surface area contributed by atoms with Crippen LogP contribution in [0.1, 0.15) is 18.4 Å². The number of hydrogen-bond acceptors (Lipinski definition) is 7. The van der Waals surface area contributed by atoms with Crippen LogP contribution in [0.2, 0.25) is 0 Å². The van der Waals surface area contributed by atoms with Gasteiger partial charge < -0.3 is 24.4 Å². The number of hydrogen-bond donors (Lipinski definition) is 1. The molecule has 156 valence electrons. The van der Waals surface area contributed by atoms with E-state index in [0.29, 0.717) is 30.5 Å². The molecule has 0 unspecified atom stereocenters. The van der Waals surface area contributed by atoms with Gasteiger partial charge in [0.05, 0.1) is 27.2 Å². The molecule has 8 heteroatoms. The topological polar surface area (TPSA) is 85.8 Å². The summed E-state index contributed by atoms with van der Waals surface area (Å²) in [5, 5.41) is 11.3. The van der Waals surface area contributed by atoms with Crippen LogP contribution < -0.4 is 24.4 Å². The summed E-state index contributed by atoms with van der Waals surface area (Å²) < 4.78 is 15.6. The van der Waals surface area contributed by atoms with Gasteiger partial charge in [0.2, 0.25) is 11.8 Å². The molecule has 1 fully saturated rings. The Hall–Kier alpha value is -3.03. The highest BCUT2D eigenvalue weighted by Gasteiger charge is 2.26. The van der Waals surface area contributed by atoms with Crippen LogP contribution in [-0.2, 0) is 11.2 Å². The van der Waals surface area contributed by atoms with Crippen molar-refractivity contribution < 1.29 is 19.0 Å². The van der Waals surface area contributed by atoms with Crippen molar-refractivity contribution in [3.8, 4) is 17.4 Å². The van der Waals surface area contributed by atoms with E-state index in [2.05, 4.69) is 20.4 Å². The zero-order valence-corrected chi connectivity index (χ0v) is 17.2. The highest BCUT2D eigenvalue weighted by molar-refractivity contribution is 5.79. The molecule has 3 rings (SSSR count). The van der Waals surface area contributed by atoms with Gasteiger partial charge in [-0.15, -0.1) is 10.2 Å². The van der Waals surface area contributed by atoms with Gasteiger partial charge in [-0.05, 0) is 43.0 Å². The van der Waals surface area contributed by atoms with E-state index in [1.165, 1.54) is 0 Å². The number of carbonyl (C=O) groups excluding carboxylic acids is 1. The van der Waals surface area contributed by atoms with E-state index in [1.807, 2.05) is 24.3 Å². The number of carbonyl (C=O) groups is 1. The Morgan fingerprint density at radius 3 is 2.62 bits per heavy atom. The summed E-state index contributed by atoms with van der Waals surface area (Å²) in [5.41, 5.74) is 1.08. The minimum atomic E-state index is -0.0574. The number of nitrogens with zero attached hydrogens (tertiary/aromatic N) is 3. The standard InChI is InChI=1S/C21H28N4O4/c1-27-17-7-6-15(13-18(17)28-2)10-11-22-21(26)16-5-4-12-25(14-16)19-8-9-20(29-3)24-23-19/h6-9,13,16H,4-5,10-12,14H2,1-3H3,(H,22,26)/t16-/m1/s1. The average Bonchev–Trinajstić information content (AvgIpc) is 2.79. The molecule has 1 aliphatic rings. The van der Waals surface area contributed by atoms with E-state index in [1.54, 1.807) is 27.4 Å². The molecule has 0 radical (unpaired) electrons. The first-order chi connectivity index (χ1) is 14.1. The van der Waals surface area contributed by atoms with Crippen molar-refractivity contribution in [2.24, 2.45) is 5.92 Å². The third-order valence-corrected chi connectivity index (χ3v) is 5.11. The number of anilines is 1. The highest BCUT2D eigenvalue weighted by atomic mass is 16.5. The summed E-state index contributed by atoms with van der Waals surface area (Å²) in [7, 11) is 4.79. The van der Waals surface area contributed by atoms with Crippen molar-refractivity contribution in [2.45, 2.75) is 19.3 Å². The van der Waals surface area contributed by atoms with Gasteiger partial charge in [0.25, 0.3) is 0 Å². The quantitative estimate of drug-likeness (QED) is 0.726. The molecule has 1 atom stereocenters. The maximum absolute atomic E-state index is 12.7. The predicted octanol–water partition coefficient (Wildman–Crippen LogP) is 2.08. The van der Waals surface area contributed by atoms with Gasteiger partial charge in [0.15, 0.2) is 17.3 Å². The highest BCUT2D eigenvalue weighted by Crippen LogP contribution is 2.27. The molecule has 0 aliphatic carbocycles. The molecule has 0 bridgehead atoms. The van der Waals surface area contributed by atoms with Gasteiger partial charge in [-0.3, -0.25) is 4.79 Å². The third-order valence-electron chi connectivity index (χ3n) is 5.11. The first kappa shape index (κ1) is 20.7. The fraction of sp³-hybridized carbons (Fsp3) is 0.476. The summed E-state index contributed by atoms with van der Waals surface area (Å²) in [6, 6.07) is 9.47. The van der Waals surface area contributed by atoms with Crippen LogP contribution in [0, 0.1) is 5.92 Å². The van der Waals surface area contributed by atoms with Gasteiger partial charge in [-0.25, -0.2) is 0 Å². The van der Waals surface area contributed by atoms with Crippen LogP contribution in [0.15, 0.2) is 30.3 Å². The van der Waals surface area contributed by atoms with Gasteiger partial charge in [0.1, 0.15) is 0 Å². The van der Waals surface area contributed by atoms with Gasteiger partial charge in [0, 0.05) is 25.7 Å². The second-order valence-electron chi connectivity index (χ2n) is 6.95. The molecule has 1 saturated heterocycles. The number of piperidine rings is 1. The molecule has 1 N–H and O–H groups in total. The van der Waals surface area contributed by atoms with E-state index >= 15 is 0 Å². The van der Waals surface area contributed by atoms with Crippen molar-refractivity contribution in [3.05, 3.63) is 35.9 Å². The lowest BCUT2D eigenvalue weighted by Gasteiger charge is -2.32. The van der Waals surface area contributed by atoms with Crippen molar-refractivity contribution in [1.82, 2.24) is 15.5 Å². The Kier molecular flexibility index (Phi) is 7.10. The molecule has 8 nitrogen and oxygen atoms in total. The Morgan fingerprint density at radius 1 is 1.10 bits per heavy atom. The number of amides is 1. The van der Waals surface area contributed by atoms with Crippen molar-refractivity contribution >= 4 is 11.7 Å². The van der Waals surface area contributed by atoms with Crippen LogP contribution in [0.3, 0.4) is 0 Å². The van der Waals surface area contributed by atoms with Crippen LogP contribution in [0.25, 0.3) is 0 Å². The molecule has 1 aliphatic heterocycles. The summed E-state index contributed by atoms with van der Waals surface area (Å²) in [6.07, 6.45) is 2.55. The maximum Gasteiger partial charge on any atom is 0.233 e. The molecular weight excluding hydrogens is 372 g/mol. The normalized spacial score (nSPS) is 16.2. The third kappa shape index (κ3) is 5.28. The van der Waals surface area contributed by atoms with Crippen molar-refractivity contribution in [2.75, 3.05) is 45.9 Å². The lowest BCUT2D eigenvalue weighted by molar-refractivity contribution is -0.125. The largest absolute Gasteiger partial charge is 0.493 e. The molecule has 1 aromatic carbocycles. The smallest absolute Gasteiger partial charge is 0.233 e. The van der Waals surface area contributed by atoms with E-state index in [0.717, 1.165) is 37.2 Å². The van der Waals surface area contributed by atoms with Crippen molar-refractivity contribution in [3.63, 3.8) is 0 Å². The van der Waals surface area contributed by atoms with Crippen LogP contribution in [0.4, 0.5) is 5.82 Å². The van der Waals surface area contributed by atoms with Crippen molar-refractivity contribution in [1.29, 1.82) is 0 Å². The Bertz CT molecular complexity index is 813. The van der Waals surface area contributed by atoms with E-state index in [-0.39, 0.29) is 11.8 Å². The van der Waals surface area contributed by atoms with E-state index in [4.69, 9.17) is 14.2 Å². The zero-order valence-electron chi connectivity index (χ0n) is 17.2. The fourth-order valence-electron chi connectivity index (χ4n) is 3.50. The molecule has 0 spiro atoms. The molecule has 1 amide bonds. The monoisotopic (exact) mass is 400 g/mol. The lowest BCUT2D eigenvalue weighted by Crippen LogP contribution is -2.43. The minimum Gasteiger partial charge on any atom is -0.493 e.